The van der Waals surface area contributed by atoms with Crippen molar-refractivity contribution in [2.24, 2.45) is 0 Å². The second kappa shape index (κ2) is 12.0. The van der Waals surface area contributed by atoms with E-state index < -0.39 is 29.1 Å². The molecule has 228 valence electrons. The third-order valence-corrected chi connectivity index (χ3v) is 7.45. The van der Waals surface area contributed by atoms with Crippen molar-refractivity contribution in [2.45, 2.75) is 25.2 Å². The van der Waals surface area contributed by atoms with E-state index in [2.05, 4.69) is 9.97 Å². The van der Waals surface area contributed by atoms with Crippen LogP contribution in [0.5, 0.6) is 5.88 Å². The third-order valence-electron chi connectivity index (χ3n) is 7.45. The van der Waals surface area contributed by atoms with E-state index in [1.54, 1.807) is 16.7 Å². The molecule has 0 unspecified atom stereocenters. The molecule has 0 radical (unpaired) electrons. The number of aromatic nitrogens is 3. The Bertz CT molecular complexity index is 1980. The van der Waals surface area contributed by atoms with Crippen molar-refractivity contribution in [3.63, 3.8) is 0 Å². The lowest BCUT2D eigenvalue weighted by molar-refractivity contribution is -0.137. The maximum absolute atomic E-state index is 15.5. The Kier molecular flexibility index (Phi) is 7.95. The molecule has 5 aromatic rings. The van der Waals surface area contributed by atoms with Crippen LogP contribution in [0, 0.1) is 28.8 Å². The van der Waals surface area contributed by atoms with Crippen molar-refractivity contribution >= 4 is 17.0 Å². The fourth-order valence-electron chi connectivity index (χ4n) is 5.05. The summed E-state index contributed by atoms with van der Waals surface area (Å²) in [6, 6.07) is 17.0. The summed E-state index contributed by atoms with van der Waals surface area (Å²) >= 11 is 0. The number of halogens is 4. The van der Waals surface area contributed by atoms with Crippen LogP contribution in [0.15, 0.2) is 66.7 Å². The van der Waals surface area contributed by atoms with Crippen LogP contribution in [-0.2, 0) is 29.0 Å². The van der Waals surface area contributed by atoms with Gasteiger partial charge in [0, 0.05) is 23.6 Å². The average Bonchev–Trinajstić information content (AvgIpc) is 3.36. The van der Waals surface area contributed by atoms with Gasteiger partial charge in [-0.2, -0.15) is 5.26 Å². The number of benzene rings is 3. The summed E-state index contributed by atoms with van der Waals surface area (Å²) in [4.78, 5) is 20.9. The van der Waals surface area contributed by atoms with E-state index in [0.717, 1.165) is 18.2 Å². The van der Waals surface area contributed by atoms with Crippen LogP contribution in [0.4, 0.5) is 17.6 Å². The van der Waals surface area contributed by atoms with Crippen LogP contribution >= 0.6 is 0 Å². The molecule has 3 heterocycles. The van der Waals surface area contributed by atoms with E-state index in [9.17, 15) is 9.18 Å². The normalized spacial score (nSPS) is 13.7. The number of esters is 1. The van der Waals surface area contributed by atoms with Gasteiger partial charge in [-0.05, 0) is 54.1 Å². The van der Waals surface area contributed by atoms with Gasteiger partial charge < -0.3 is 18.8 Å². The fraction of sp³-hybridized carbons (Fsp3) is 0.212. The number of hydrogen-bond donors (Lipinski definition) is 0. The van der Waals surface area contributed by atoms with Gasteiger partial charge in [0.1, 0.15) is 29.9 Å². The number of rotatable bonds is 9. The molecule has 1 saturated heterocycles. The Balaban J connectivity index is 1.27. The van der Waals surface area contributed by atoms with Crippen LogP contribution in [0.2, 0.25) is 0 Å². The maximum atomic E-state index is 15.5. The molecule has 1 fully saturated rings. The Hall–Kier alpha value is -5.28. The molecular weight excluding hydrogens is 592 g/mol. The SMILES string of the molecule is COC(=O)c1ccc2nc(Cc3cc(F)c(-c4cccc(OCc5ccc(C#N)cc5F)n4)cc3F)n(CC3(F)COC3)c2c1. The van der Waals surface area contributed by atoms with Gasteiger partial charge >= 0.3 is 5.97 Å². The molecule has 0 bridgehead atoms. The number of fused-ring (bicyclic) bond motifs is 1. The fourth-order valence-corrected chi connectivity index (χ4v) is 5.05. The molecule has 1 aliphatic rings. The lowest BCUT2D eigenvalue weighted by atomic mass is 10.0. The van der Waals surface area contributed by atoms with E-state index in [0.29, 0.717) is 11.0 Å². The molecule has 45 heavy (non-hydrogen) atoms. The van der Waals surface area contributed by atoms with Crippen molar-refractivity contribution in [3.05, 3.63) is 112 Å². The summed E-state index contributed by atoms with van der Waals surface area (Å²) in [7, 11) is 1.25. The average molecular weight is 617 g/mol. The number of alkyl halides is 1. The molecular formula is C33H24F4N4O4. The minimum absolute atomic E-state index is 0.0255. The minimum Gasteiger partial charge on any atom is -0.473 e. The predicted octanol–water partition coefficient (Wildman–Crippen LogP) is 6.08. The zero-order chi connectivity index (χ0) is 31.7. The number of hydrogen-bond acceptors (Lipinski definition) is 7. The first-order valence-corrected chi connectivity index (χ1v) is 13.8. The van der Waals surface area contributed by atoms with Gasteiger partial charge in [-0.3, -0.25) is 0 Å². The molecule has 3 aromatic carbocycles. The Morgan fingerprint density at radius 3 is 2.51 bits per heavy atom. The van der Waals surface area contributed by atoms with Crippen molar-refractivity contribution in [3.8, 4) is 23.2 Å². The van der Waals surface area contributed by atoms with Crippen LogP contribution in [0.3, 0.4) is 0 Å². The first-order chi connectivity index (χ1) is 21.7. The monoisotopic (exact) mass is 616 g/mol. The summed E-state index contributed by atoms with van der Waals surface area (Å²) in [6.07, 6.45) is -0.172. The first-order valence-electron chi connectivity index (χ1n) is 13.8. The minimum atomic E-state index is -1.68. The zero-order valence-corrected chi connectivity index (χ0v) is 23.8. The topological polar surface area (TPSA) is 99.3 Å². The highest BCUT2D eigenvalue weighted by molar-refractivity contribution is 5.93. The molecule has 1 aliphatic heterocycles. The van der Waals surface area contributed by atoms with Gasteiger partial charge in [0.2, 0.25) is 5.88 Å². The van der Waals surface area contributed by atoms with Crippen molar-refractivity contribution in [1.29, 1.82) is 5.26 Å². The standard InChI is InChI=1S/C33H24F4N4O4/c1-43-32(42)20-7-8-28-29(11-20)41(16-33(37)17-44-18-33)30(39-28)12-22-10-26(36)23(13-25(22)35)27-3-2-4-31(40-27)45-15-21-6-5-19(14-38)9-24(21)34/h2-11,13H,12,15-18H2,1H3. The van der Waals surface area contributed by atoms with Crippen molar-refractivity contribution < 1.29 is 36.6 Å². The zero-order valence-electron chi connectivity index (χ0n) is 23.8. The molecule has 0 N–H and O–H groups in total. The van der Waals surface area contributed by atoms with E-state index in [1.807, 2.05) is 6.07 Å². The van der Waals surface area contributed by atoms with Crippen LogP contribution in [-0.4, -0.2) is 46.5 Å². The van der Waals surface area contributed by atoms with Crippen molar-refractivity contribution in [2.75, 3.05) is 20.3 Å². The van der Waals surface area contributed by atoms with E-state index >= 15 is 13.2 Å². The maximum Gasteiger partial charge on any atom is 0.337 e. The van der Waals surface area contributed by atoms with Gasteiger partial charge in [0.05, 0.1) is 60.8 Å². The predicted molar refractivity (Wildman–Crippen MR) is 154 cm³/mol. The number of nitriles is 1. The van der Waals surface area contributed by atoms with E-state index in [-0.39, 0.29) is 78.0 Å². The van der Waals surface area contributed by atoms with Gasteiger partial charge in [-0.25, -0.2) is 32.3 Å². The number of carbonyl (C=O) groups excluding carboxylic acids is 1. The second-order valence-electron chi connectivity index (χ2n) is 10.6. The lowest BCUT2D eigenvalue weighted by Crippen LogP contribution is -2.49. The molecule has 12 heteroatoms. The number of ether oxygens (including phenoxy) is 3. The Morgan fingerprint density at radius 2 is 1.80 bits per heavy atom. The molecule has 0 aliphatic carbocycles. The number of imidazole rings is 1. The van der Waals surface area contributed by atoms with Crippen LogP contribution in [0.1, 0.15) is 32.9 Å². The van der Waals surface area contributed by atoms with Gasteiger partial charge in [-0.1, -0.05) is 12.1 Å². The van der Waals surface area contributed by atoms with E-state index in [1.165, 1.54) is 43.5 Å². The Labute approximate surface area is 254 Å². The molecule has 0 atom stereocenters. The summed E-state index contributed by atoms with van der Waals surface area (Å²) < 4.78 is 77.4. The second-order valence-corrected chi connectivity index (χ2v) is 10.6. The summed E-state index contributed by atoms with van der Waals surface area (Å²) in [6.45, 7) is -0.607. The quantitative estimate of drug-likeness (QED) is 0.146. The summed E-state index contributed by atoms with van der Waals surface area (Å²) in [5, 5.41) is 8.91. The van der Waals surface area contributed by atoms with Gasteiger partial charge in [-0.15, -0.1) is 0 Å². The molecule has 8 nitrogen and oxygen atoms in total. The molecule has 6 rings (SSSR count). The molecule has 0 saturated carbocycles. The highest BCUT2D eigenvalue weighted by Gasteiger charge is 2.40. The molecule has 0 spiro atoms. The van der Waals surface area contributed by atoms with Gasteiger partial charge in [0.25, 0.3) is 0 Å². The van der Waals surface area contributed by atoms with Crippen molar-refractivity contribution in [1.82, 2.24) is 14.5 Å². The lowest BCUT2D eigenvalue weighted by Gasteiger charge is -2.34. The number of pyridine rings is 1. The number of nitrogens with zero attached hydrogens (tertiary/aromatic N) is 4. The first kappa shape index (κ1) is 29.8. The third kappa shape index (κ3) is 6.07. The summed E-state index contributed by atoms with van der Waals surface area (Å²) in [5.41, 5.74) is -0.265. The molecule has 0 amide bonds. The smallest absolute Gasteiger partial charge is 0.337 e. The largest absolute Gasteiger partial charge is 0.473 e. The summed E-state index contributed by atoms with van der Waals surface area (Å²) in [5.74, 6) is -2.38. The van der Waals surface area contributed by atoms with Crippen LogP contribution < -0.4 is 4.74 Å². The highest BCUT2D eigenvalue weighted by atomic mass is 19.1. The number of carbonyl (C=O) groups is 1. The van der Waals surface area contributed by atoms with Gasteiger partial charge in [0.15, 0.2) is 5.67 Å². The highest BCUT2D eigenvalue weighted by Crippen LogP contribution is 2.31. The van der Waals surface area contributed by atoms with E-state index in [4.69, 9.17) is 19.5 Å². The van der Waals surface area contributed by atoms with Crippen LogP contribution in [0.25, 0.3) is 22.3 Å². The molecule has 2 aromatic heterocycles. The Morgan fingerprint density at radius 1 is 1.00 bits per heavy atom. The number of methoxy groups -OCH3 is 1.